The van der Waals surface area contributed by atoms with Crippen molar-refractivity contribution in [2.24, 2.45) is 0 Å². The first-order valence-corrected chi connectivity index (χ1v) is 13.8. The second kappa shape index (κ2) is 7.63. The Kier molecular flexibility index (Phi) is 5.53. The summed E-state index contributed by atoms with van der Waals surface area (Å²) in [5, 5.41) is 4.69. The normalized spacial score (nSPS) is 14.7. The molecule has 0 aromatic heterocycles. The summed E-state index contributed by atoms with van der Waals surface area (Å²) in [5.41, 5.74) is 1.56. The van der Waals surface area contributed by atoms with Crippen LogP contribution < -0.4 is 10.6 Å². The van der Waals surface area contributed by atoms with Crippen LogP contribution in [-0.4, -0.2) is 14.2 Å². The second-order valence-electron chi connectivity index (χ2n) is 7.48. The molecule has 0 fully saturated rings. The standard InChI is InChI=1S/C22H27PSi/c1-24(2,3)22-15-14-19(18-22)16-17-23(20-10-6-4-7-11-20)21-12-8-5-9-13-21/h4-14,18H,15-17H2,1-3H3. The summed E-state index contributed by atoms with van der Waals surface area (Å²) in [6.45, 7) is 7.36. The van der Waals surface area contributed by atoms with Gasteiger partial charge in [-0.15, -0.1) is 0 Å². The van der Waals surface area contributed by atoms with Crippen molar-refractivity contribution >= 4 is 26.6 Å². The van der Waals surface area contributed by atoms with E-state index < -0.39 is 8.07 Å². The third kappa shape index (κ3) is 4.35. The Labute approximate surface area is 149 Å². The summed E-state index contributed by atoms with van der Waals surface area (Å²) in [7, 11) is -1.40. The van der Waals surface area contributed by atoms with E-state index in [0.29, 0.717) is 0 Å². The summed E-state index contributed by atoms with van der Waals surface area (Å²) in [6.07, 6.45) is 8.61. The third-order valence-corrected chi connectivity index (χ3v) is 9.46. The Morgan fingerprint density at radius 2 is 1.38 bits per heavy atom. The maximum atomic E-state index is 2.51. The van der Waals surface area contributed by atoms with Gasteiger partial charge in [0, 0.05) is 0 Å². The van der Waals surface area contributed by atoms with Gasteiger partial charge in [0.2, 0.25) is 0 Å². The van der Waals surface area contributed by atoms with E-state index in [1.54, 1.807) is 10.8 Å². The predicted octanol–water partition coefficient (Wildman–Crippen LogP) is 5.64. The van der Waals surface area contributed by atoms with E-state index in [2.05, 4.69) is 92.5 Å². The molecular formula is C22H27PSi. The fourth-order valence-corrected chi connectivity index (χ4v) is 6.84. The molecule has 0 amide bonds. The van der Waals surface area contributed by atoms with Crippen LogP contribution in [0.2, 0.25) is 19.6 Å². The SMILES string of the molecule is C[Si](C)(C)C1=CC(CCP(c2ccccc2)c2ccccc2)=CC1. The molecule has 2 heteroatoms. The largest absolute Gasteiger partial charge is 0.0776 e. The number of rotatable bonds is 6. The van der Waals surface area contributed by atoms with Crippen LogP contribution in [0, 0.1) is 0 Å². The van der Waals surface area contributed by atoms with E-state index in [4.69, 9.17) is 0 Å². The van der Waals surface area contributed by atoms with Crippen molar-refractivity contribution in [3.05, 3.63) is 83.6 Å². The Morgan fingerprint density at radius 3 is 1.83 bits per heavy atom. The minimum absolute atomic E-state index is 0.268. The first-order chi connectivity index (χ1) is 11.5. The fourth-order valence-electron chi connectivity index (χ4n) is 3.14. The van der Waals surface area contributed by atoms with E-state index in [-0.39, 0.29) is 7.92 Å². The highest BCUT2D eigenvalue weighted by atomic mass is 31.1. The molecule has 2 aromatic carbocycles. The van der Waals surface area contributed by atoms with Gasteiger partial charge in [-0.25, -0.2) is 0 Å². The first kappa shape index (κ1) is 17.4. The monoisotopic (exact) mass is 350 g/mol. The molecule has 0 heterocycles. The smallest absolute Gasteiger partial charge is 0.0728 e. The lowest BCUT2D eigenvalue weighted by atomic mass is 10.2. The molecule has 0 radical (unpaired) electrons. The molecule has 0 spiro atoms. The summed E-state index contributed by atoms with van der Waals surface area (Å²) in [4.78, 5) is 0. The molecule has 1 aliphatic rings. The molecule has 2 aromatic rings. The quantitative estimate of drug-likeness (QED) is 0.467. The molecule has 0 nitrogen and oxygen atoms in total. The molecule has 3 rings (SSSR count). The molecule has 0 bridgehead atoms. The second-order valence-corrected chi connectivity index (χ2v) is 15.0. The van der Waals surface area contributed by atoms with Gasteiger partial charge in [-0.05, 0) is 37.5 Å². The van der Waals surface area contributed by atoms with E-state index in [1.807, 2.05) is 0 Å². The van der Waals surface area contributed by atoms with E-state index >= 15 is 0 Å². The van der Waals surface area contributed by atoms with Gasteiger partial charge in [0.25, 0.3) is 0 Å². The highest BCUT2D eigenvalue weighted by Gasteiger charge is 2.22. The molecule has 1 aliphatic carbocycles. The lowest BCUT2D eigenvalue weighted by molar-refractivity contribution is 1.16. The Balaban J connectivity index is 1.76. The van der Waals surface area contributed by atoms with Gasteiger partial charge < -0.3 is 0 Å². The first-order valence-electron chi connectivity index (χ1n) is 8.82. The van der Waals surface area contributed by atoms with Gasteiger partial charge >= 0.3 is 0 Å². The Morgan fingerprint density at radius 1 is 0.833 bits per heavy atom. The van der Waals surface area contributed by atoms with Crippen molar-refractivity contribution in [3.8, 4) is 0 Å². The van der Waals surface area contributed by atoms with Gasteiger partial charge in [0.05, 0.1) is 8.07 Å². The van der Waals surface area contributed by atoms with Crippen LogP contribution in [0.3, 0.4) is 0 Å². The van der Waals surface area contributed by atoms with E-state index in [0.717, 1.165) is 0 Å². The zero-order valence-corrected chi connectivity index (χ0v) is 16.9. The van der Waals surface area contributed by atoms with Crippen LogP contribution in [0.4, 0.5) is 0 Å². The average Bonchev–Trinajstić information content (AvgIpc) is 3.06. The molecule has 0 aliphatic heterocycles. The molecule has 124 valence electrons. The highest BCUT2D eigenvalue weighted by Crippen LogP contribution is 2.37. The predicted molar refractivity (Wildman–Crippen MR) is 113 cm³/mol. The molecule has 0 saturated carbocycles. The molecule has 0 saturated heterocycles. The molecule has 0 unspecified atom stereocenters. The van der Waals surface area contributed by atoms with E-state index in [1.165, 1.54) is 29.6 Å². The number of hydrogen-bond donors (Lipinski definition) is 0. The fraction of sp³-hybridized carbons (Fsp3) is 0.273. The molecule has 24 heavy (non-hydrogen) atoms. The summed E-state index contributed by atoms with van der Waals surface area (Å²) >= 11 is 0. The van der Waals surface area contributed by atoms with E-state index in [9.17, 15) is 0 Å². The van der Waals surface area contributed by atoms with Gasteiger partial charge in [0.1, 0.15) is 0 Å². The minimum atomic E-state index is -1.14. The lowest BCUT2D eigenvalue weighted by Gasteiger charge is -2.19. The maximum Gasteiger partial charge on any atom is 0.0728 e. The number of allylic oxidation sites excluding steroid dienone is 4. The van der Waals surface area contributed by atoms with Crippen molar-refractivity contribution < 1.29 is 0 Å². The highest BCUT2D eigenvalue weighted by molar-refractivity contribution is 7.73. The summed E-state index contributed by atoms with van der Waals surface area (Å²) < 4.78 is 0. The maximum absolute atomic E-state index is 2.51. The third-order valence-electron chi connectivity index (χ3n) is 4.67. The Hall–Kier alpha value is -1.43. The van der Waals surface area contributed by atoms with Crippen LogP contribution in [0.15, 0.2) is 83.6 Å². The zero-order valence-electron chi connectivity index (χ0n) is 15.0. The van der Waals surface area contributed by atoms with Gasteiger partial charge in [-0.3, -0.25) is 0 Å². The van der Waals surface area contributed by atoms with Crippen LogP contribution in [0.1, 0.15) is 12.8 Å². The average molecular weight is 351 g/mol. The molecule has 0 atom stereocenters. The van der Waals surface area contributed by atoms with Crippen LogP contribution in [0.25, 0.3) is 0 Å². The summed E-state index contributed by atoms with van der Waals surface area (Å²) in [6, 6.07) is 22.1. The lowest BCUT2D eigenvalue weighted by Crippen LogP contribution is -2.22. The van der Waals surface area contributed by atoms with Crippen molar-refractivity contribution in [1.29, 1.82) is 0 Å². The topological polar surface area (TPSA) is 0 Å². The number of benzene rings is 2. The Bertz CT molecular complexity index is 684. The number of hydrogen-bond acceptors (Lipinski definition) is 0. The minimum Gasteiger partial charge on any atom is -0.0776 e. The van der Waals surface area contributed by atoms with Gasteiger partial charge in [-0.2, -0.15) is 0 Å². The van der Waals surface area contributed by atoms with Crippen LogP contribution in [-0.2, 0) is 0 Å². The zero-order chi connectivity index (χ0) is 17.0. The summed E-state index contributed by atoms with van der Waals surface area (Å²) in [5.74, 6) is 0. The van der Waals surface area contributed by atoms with Crippen molar-refractivity contribution in [2.45, 2.75) is 32.5 Å². The van der Waals surface area contributed by atoms with Gasteiger partial charge in [0.15, 0.2) is 0 Å². The van der Waals surface area contributed by atoms with Crippen molar-refractivity contribution in [1.82, 2.24) is 0 Å². The van der Waals surface area contributed by atoms with Crippen LogP contribution in [0.5, 0.6) is 0 Å². The van der Waals surface area contributed by atoms with Crippen molar-refractivity contribution in [2.75, 3.05) is 6.16 Å². The molecular weight excluding hydrogens is 323 g/mol. The molecule has 0 N–H and O–H groups in total. The van der Waals surface area contributed by atoms with Crippen LogP contribution >= 0.6 is 7.92 Å². The van der Waals surface area contributed by atoms with Gasteiger partial charge in [-0.1, -0.05) is 103 Å². The van der Waals surface area contributed by atoms with Crippen molar-refractivity contribution in [3.63, 3.8) is 0 Å².